The fraction of sp³-hybridized carbons (Fsp3) is 0.640. The van der Waals surface area contributed by atoms with Crippen molar-refractivity contribution >= 4 is 6.03 Å². The zero-order valence-corrected chi connectivity index (χ0v) is 19.0. The van der Waals surface area contributed by atoms with Gasteiger partial charge in [-0.2, -0.15) is 0 Å². The van der Waals surface area contributed by atoms with Crippen LogP contribution in [0, 0.1) is 17.8 Å². The van der Waals surface area contributed by atoms with Crippen LogP contribution >= 0.6 is 0 Å². The van der Waals surface area contributed by atoms with Gasteiger partial charge in [0.05, 0.1) is 17.7 Å². The minimum absolute atomic E-state index is 0.100. The van der Waals surface area contributed by atoms with E-state index in [0.717, 1.165) is 38.0 Å². The van der Waals surface area contributed by atoms with Gasteiger partial charge in [-0.15, -0.1) is 0 Å². The number of hydrogen-bond acceptors (Lipinski definition) is 3. The quantitative estimate of drug-likeness (QED) is 0.675. The maximum atomic E-state index is 12.9. The second-order valence-electron chi connectivity index (χ2n) is 9.35. The highest BCUT2D eigenvalue weighted by molar-refractivity contribution is 5.76. The smallest absolute Gasteiger partial charge is 0.316 e. The zero-order valence-electron chi connectivity index (χ0n) is 19.0. The van der Waals surface area contributed by atoms with Crippen LogP contribution in [0.1, 0.15) is 57.6 Å². The second kappa shape index (κ2) is 9.85. The predicted octanol–water partition coefficient (Wildman–Crippen LogP) is 3.57. The van der Waals surface area contributed by atoms with E-state index in [2.05, 4.69) is 46.4 Å². The summed E-state index contributed by atoms with van der Waals surface area (Å²) in [7, 11) is 1.71. The molecule has 164 valence electrons. The van der Waals surface area contributed by atoms with Gasteiger partial charge in [-0.25, -0.2) is 4.79 Å². The largest absolute Gasteiger partial charge is 0.384 e. The molecule has 2 amide bonds. The third-order valence-electron chi connectivity index (χ3n) is 6.43. The minimum Gasteiger partial charge on any atom is -0.384 e. The van der Waals surface area contributed by atoms with Gasteiger partial charge in [0.1, 0.15) is 0 Å². The lowest BCUT2D eigenvalue weighted by atomic mass is 9.70. The molecule has 1 unspecified atom stereocenters. The number of rotatable bonds is 7. The number of nitrogens with zero attached hydrogens (tertiary/aromatic N) is 1. The standard InChI is InChI=1S/C25H37N3O2/c1-5-14-25(19-28-16-11-22(25)12-17-28)27-23(29)26-24(2,3)15-10-20-6-8-21(9-7-20)13-18-30-4/h6-9,22H,5,11-14,16-19H2,1-4H3,(H2,26,27,29). The van der Waals surface area contributed by atoms with Gasteiger partial charge in [-0.1, -0.05) is 37.3 Å². The van der Waals surface area contributed by atoms with Gasteiger partial charge in [-0.3, -0.25) is 0 Å². The Bertz CT molecular complexity index is 770. The molecule has 3 fully saturated rings. The van der Waals surface area contributed by atoms with Crippen LogP contribution in [0.4, 0.5) is 4.79 Å². The first-order chi connectivity index (χ1) is 14.4. The van der Waals surface area contributed by atoms with Gasteiger partial charge < -0.3 is 20.3 Å². The number of methoxy groups -OCH3 is 1. The summed E-state index contributed by atoms with van der Waals surface area (Å²) in [5, 5.41) is 6.47. The number of hydrogen-bond donors (Lipinski definition) is 2. The highest BCUT2D eigenvalue weighted by atomic mass is 16.5. The summed E-state index contributed by atoms with van der Waals surface area (Å²) < 4.78 is 5.12. The number of benzene rings is 1. The summed E-state index contributed by atoms with van der Waals surface area (Å²) in [6, 6.07) is 8.11. The molecule has 4 rings (SSSR count). The lowest BCUT2D eigenvalue weighted by Gasteiger charge is -2.53. The van der Waals surface area contributed by atoms with Crippen LogP contribution in [0.15, 0.2) is 24.3 Å². The minimum atomic E-state index is -0.611. The van der Waals surface area contributed by atoms with Gasteiger partial charge in [0.15, 0.2) is 0 Å². The van der Waals surface area contributed by atoms with Crippen LogP contribution < -0.4 is 10.6 Å². The molecule has 0 radical (unpaired) electrons. The molecular weight excluding hydrogens is 374 g/mol. The zero-order chi connectivity index (χ0) is 21.6. The highest BCUT2D eigenvalue weighted by Gasteiger charge is 2.47. The van der Waals surface area contributed by atoms with E-state index in [1.807, 2.05) is 26.0 Å². The van der Waals surface area contributed by atoms with E-state index in [9.17, 15) is 4.79 Å². The number of carbonyl (C=O) groups is 1. The average Bonchev–Trinajstić information content (AvgIpc) is 2.72. The van der Waals surface area contributed by atoms with Gasteiger partial charge >= 0.3 is 6.03 Å². The van der Waals surface area contributed by atoms with E-state index in [1.54, 1.807) is 7.11 Å². The number of urea groups is 1. The van der Waals surface area contributed by atoms with E-state index in [4.69, 9.17) is 4.74 Å². The Morgan fingerprint density at radius 1 is 1.27 bits per heavy atom. The highest BCUT2D eigenvalue weighted by Crippen LogP contribution is 2.38. The fourth-order valence-corrected chi connectivity index (χ4v) is 4.88. The Labute approximate surface area is 181 Å². The Hall–Kier alpha value is -2.03. The number of ether oxygens (including phenoxy) is 1. The van der Waals surface area contributed by atoms with E-state index in [0.29, 0.717) is 5.92 Å². The maximum absolute atomic E-state index is 12.9. The van der Waals surface area contributed by atoms with Gasteiger partial charge in [-0.05, 0) is 76.2 Å². The molecule has 0 aliphatic carbocycles. The summed E-state index contributed by atoms with van der Waals surface area (Å²) in [6.07, 6.45) is 5.38. The molecule has 0 spiro atoms. The van der Waals surface area contributed by atoms with Crippen molar-refractivity contribution in [2.45, 2.75) is 64.0 Å². The van der Waals surface area contributed by atoms with E-state index < -0.39 is 5.54 Å². The van der Waals surface area contributed by atoms with E-state index >= 15 is 0 Å². The van der Waals surface area contributed by atoms with E-state index in [1.165, 1.54) is 31.5 Å². The monoisotopic (exact) mass is 411 g/mol. The van der Waals surface area contributed by atoms with Crippen molar-refractivity contribution in [2.24, 2.45) is 5.92 Å². The Balaban J connectivity index is 1.61. The maximum Gasteiger partial charge on any atom is 0.316 e. The molecule has 1 aromatic carbocycles. The number of piperidine rings is 3. The van der Waals surface area contributed by atoms with Crippen molar-refractivity contribution in [3.8, 4) is 11.8 Å². The number of nitrogens with one attached hydrogen (secondary N) is 2. The van der Waals surface area contributed by atoms with Gasteiger partial charge in [0.2, 0.25) is 0 Å². The van der Waals surface area contributed by atoms with Crippen LogP contribution in [0.3, 0.4) is 0 Å². The number of carbonyl (C=O) groups excluding carboxylic acids is 1. The molecule has 0 aromatic heterocycles. The molecule has 30 heavy (non-hydrogen) atoms. The second-order valence-corrected chi connectivity index (χ2v) is 9.35. The molecule has 3 aliphatic rings. The SMILES string of the molecule is CCCC1(NC(=O)NC(C)(C)C#Cc2ccc(CCOC)cc2)CN2CCC1CC2. The topological polar surface area (TPSA) is 53.6 Å². The molecule has 2 N–H and O–H groups in total. The van der Waals surface area contributed by atoms with Crippen molar-refractivity contribution in [3.05, 3.63) is 35.4 Å². The summed E-state index contributed by atoms with van der Waals surface area (Å²) in [5.74, 6) is 7.02. The predicted molar refractivity (Wildman–Crippen MR) is 121 cm³/mol. The fourth-order valence-electron chi connectivity index (χ4n) is 4.88. The summed E-state index contributed by atoms with van der Waals surface area (Å²) in [4.78, 5) is 15.4. The lowest BCUT2D eigenvalue weighted by molar-refractivity contribution is 0.00706. The lowest BCUT2D eigenvalue weighted by Crippen LogP contribution is -2.68. The molecule has 3 saturated heterocycles. The van der Waals surface area contributed by atoms with Gasteiger partial charge in [0.25, 0.3) is 0 Å². The third kappa shape index (κ3) is 5.77. The molecular formula is C25H37N3O2. The van der Waals surface area contributed by atoms with Crippen molar-refractivity contribution < 1.29 is 9.53 Å². The molecule has 5 heteroatoms. The van der Waals surface area contributed by atoms with Crippen molar-refractivity contribution in [3.63, 3.8) is 0 Å². The Kier molecular flexibility index (Phi) is 7.44. The first-order valence-electron chi connectivity index (χ1n) is 11.3. The normalized spacial score (nSPS) is 25.3. The summed E-state index contributed by atoms with van der Waals surface area (Å²) in [5.41, 5.74) is 1.47. The van der Waals surface area contributed by atoms with Gasteiger partial charge in [0, 0.05) is 19.2 Å². The van der Waals surface area contributed by atoms with Crippen LogP contribution in [0.2, 0.25) is 0 Å². The summed E-state index contributed by atoms with van der Waals surface area (Å²) in [6.45, 7) is 10.1. The van der Waals surface area contributed by atoms with E-state index in [-0.39, 0.29) is 11.6 Å². The van der Waals surface area contributed by atoms with Crippen molar-refractivity contribution in [2.75, 3.05) is 33.4 Å². The first-order valence-corrected chi connectivity index (χ1v) is 11.3. The summed E-state index contributed by atoms with van der Waals surface area (Å²) >= 11 is 0. The average molecular weight is 412 g/mol. The Morgan fingerprint density at radius 3 is 2.53 bits per heavy atom. The third-order valence-corrected chi connectivity index (χ3v) is 6.43. The van der Waals surface area contributed by atoms with Crippen molar-refractivity contribution in [1.29, 1.82) is 0 Å². The molecule has 3 aliphatic heterocycles. The van der Waals surface area contributed by atoms with Crippen LogP contribution in [0.25, 0.3) is 0 Å². The molecule has 3 heterocycles. The first kappa shape index (κ1) is 22.7. The number of fused-ring (bicyclic) bond motifs is 3. The van der Waals surface area contributed by atoms with Crippen LogP contribution in [-0.4, -0.2) is 55.4 Å². The Morgan fingerprint density at radius 2 is 1.97 bits per heavy atom. The molecule has 1 aromatic rings. The van der Waals surface area contributed by atoms with Crippen molar-refractivity contribution in [1.82, 2.24) is 15.5 Å². The van der Waals surface area contributed by atoms with Crippen LogP contribution in [0.5, 0.6) is 0 Å². The number of amides is 2. The van der Waals surface area contributed by atoms with Crippen LogP contribution in [-0.2, 0) is 11.2 Å². The molecule has 5 nitrogen and oxygen atoms in total. The molecule has 1 atom stereocenters. The molecule has 0 saturated carbocycles. The molecule has 2 bridgehead atoms.